The van der Waals surface area contributed by atoms with Crippen LogP contribution in [0.5, 0.6) is 0 Å². The van der Waals surface area contributed by atoms with E-state index in [2.05, 4.69) is 4.36 Å². The van der Waals surface area contributed by atoms with Crippen LogP contribution in [0.3, 0.4) is 0 Å². The van der Waals surface area contributed by atoms with Gasteiger partial charge in [-0.1, -0.05) is 12.1 Å². The molecule has 0 spiro atoms. The Balaban J connectivity index is 2.65. The average molecular weight is 270 g/mol. The maximum Gasteiger partial charge on any atom is 0.442 e. The summed E-state index contributed by atoms with van der Waals surface area (Å²) in [6, 6.07) is 6.94. The topological polar surface area (TPSA) is 81.8 Å². The zero-order valence-corrected chi connectivity index (χ0v) is 11.6. The van der Waals surface area contributed by atoms with Crippen molar-refractivity contribution in [3.63, 3.8) is 0 Å². The van der Waals surface area contributed by atoms with Crippen LogP contribution in [-0.2, 0) is 21.1 Å². The van der Waals surface area contributed by atoms with Crippen molar-refractivity contribution in [2.75, 3.05) is 5.73 Å². The van der Waals surface area contributed by atoms with Crippen molar-refractivity contribution in [2.24, 2.45) is 4.36 Å². The summed E-state index contributed by atoms with van der Waals surface area (Å²) in [4.78, 5) is 11.3. The third kappa shape index (κ3) is 5.67. The minimum absolute atomic E-state index is 0.203. The summed E-state index contributed by atoms with van der Waals surface area (Å²) in [5.41, 5.74) is 6.36. The molecule has 1 atom stereocenters. The summed E-state index contributed by atoms with van der Waals surface area (Å²) in [5.74, 6) is 0.203. The van der Waals surface area contributed by atoms with Gasteiger partial charge in [-0.25, -0.2) is 4.79 Å². The van der Waals surface area contributed by atoms with Crippen LogP contribution in [0.2, 0.25) is 0 Å². The van der Waals surface area contributed by atoms with Gasteiger partial charge in [-0.05, 0) is 38.5 Å². The van der Waals surface area contributed by atoms with E-state index in [0.717, 1.165) is 5.56 Å². The number of hydrogen-bond donors (Lipinski definition) is 2. The van der Waals surface area contributed by atoms with Crippen LogP contribution >= 0.6 is 0 Å². The Morgan fingerprint density at radius 1 is 1.33 bits per heavy atom. The molecule has 0 saturated carbocycles. The molecule has 0 fully saturated rings. The lowest BCUT2D eigenvalue weighted by Crippen LogP contribution is -2.21. The van der Waals surface area contributed by atoms with Crippen LogP contribution in [0.25, 0.3) is 0 Å². The van der Waals surface area contributed by atoms with E-state index in [0.29, 0.717) is 5.69 Å². The van der Waals surface area contributed by atoms with E-state index < -0.39 is 22.3 Å². The van der Waals surface area contributed by atoms with Gasteiger partial charge in [-0.15, -0.1) is 4.36 Å². The quantitative estimate of drug-likeness (QED) is 0.638. The predicted molar refractivity (Wildman–Crippen MR) is 72.8 cm³/mol. The molecule has 5 nitrogen and oxygen atoms in total. The standard InChI is InChI=1S/C12H18N2O3S/c1-12(2,3)17-11(15)14-18(16)8-9-4-6-10(13)7-5-9/h4-7,18H,8,13H2,1-3H3. The number of rotatable bonds is 2. The number of amides is 1. The third-order valence-electron chi connectivity index (χ3n) is 1.88. The number of ether oxygens (including phenoxy) is 1. The molecule has 1 rings (SSSR count). The van der Waals surface area contributed by atoms with Gasteiger partial charge in [0, 0.05) is 5.69 Å². The monoisotopic (exact) mass is 270 g/mol. The first-order chi connectivity index (χ1) is 8.26. The highest BCUT2D eigenvalue weighted by atomic mass is 32.2. The molecule has 1 aromatic carbocycles. The van der Waals surface area contributed by atoms with Crippen molar-refractivity contribution in [1.29, 1.82) is 0 Å². The second kappa shape index (κ2) is 5.86. The Morgan fingerprint density at radius 3 is 2.39 bits per heavy atom. The van der Waals surface area contributed by atoms with Gasteiger partial charge in [-0.2, -0.15) is 0 Å². The molecule has 0 aliphatic rings. The van der Waals surface area contributed by atoms with Crippen LogP contribution in [0.1, 0.15) is 26.3 Å². The fourth-order valence-electron chi connectivity index (χ4n) is 1.19. The lowest BCUT2D eigenvalue weighted by molar-refractivity contribution is 0.0608. The second-order valence-corrected chi connectivity index (χ2v) is 6.05. The first-order valence-corrected chi connectivity index (χ1v) is 6.90. The summed E-state index contributed by atoms with van der Waals surface area (Å²) in [6.45, 7) is 5.19. The molecule has 1 aromatic rings. The second-order valence-electron chi connectivity index (χ2n) is 4.83. The zero-order chi connectivity index (χ0) is 13.8. The van der Waals surface area contributed by atoms with Gasteiger partial charge in [0.15, 0.2) is 0 Å². The van der Waals surface area contributed by atoms with E-state index in [1.54, 1.807) is 45.0 Å². The maximum absolute atomic E-state index is 11.6. The molecule has 0 saturated heterocycles. The molecule has 6 heteroatoms. The van der Waals surface area contributed by atoms with Crippen molar-refractivity contribution >= 4 is 22.4 Å². The minimum Gasteiger partial charge on any atom is -0.442 e. The molecular formula is C12H18N2O3S. The van der Waals surface area contributed by atoms with Gasteiger partial charge >= 0.3 is 6.09 Å². The molecule has 0 heterocycles. The van der Waals surface area contributed by atoms with Crippen LogP contribution in [0, 0.1) is 0 Å². The molecule has 2 N–H and O–H groups in total. The normalized spacial score (nSPS) is 13.3. The largest absolute Gasteiger partial charge is 0.442 e. The van der Waals surface area contributed by atoms with Gasteiger partial charge in [0.25, 0.3) is 0 Å². The Kier molecular flexibility index (Phi) is 4.72. The lowest BCUT2D eigenvalue weighted by atomic mass is 10.2. The zero-order valence-electron chi connectivity index (χ0n) is 10.7. The first-order valence-electron chi connectivity index (χ1n) is 5.50. The minimum atomic E-state index is -2.00. The molecule has 0 aromatic heterocycles. The van der Waals surface area contributed by atoms with Gasteiger partial charge in [0.2, 0.25) is 0 Å². The highest BCUT2D eigenvalue weighted by Gasteiger charge is 2.15. The molecule has 1 unspecified atom stereocenters. The number of benzene rings is 1. The number of nitrogens with zero attached hydrogens (tertiary/aromatic N) is 1. The van der Waals surface area contributed by atoms with E-state index in [1.165, 1.54) is 0 Å². The Hall–Kier alpha value is -1.56. The molecule has 1 amide bonds. The van der Waals surface area contributed by atoms with Crippen molar-refractivity contribution in [2.45, 2.75) is 32.1 Å². The number of carbonyl (C=O) groups excluding carboxylic acids is 1. The smallest absolute Gasteiger partial charge is 0.442 e. The van der Waals surface area contributed by atoms with Gasteiger partial charge < -0.3 is 10.5 Å². The summed E-state index contributed by atoms with van der Waals surface area (Å²) < 4.78 is 20.1. The highest BCUT2D eigenvalue weighted by molar-refractivity contribution is 7.74. The van der Waals surface area contributed by atoms with Gasteiger partial charge in [0.1, 0.15) is 5.60 Å². The first kappa shape index (κ1) is 14.5. The van der Waals surface area contributed by atoms with Crippen LogP contribution in [-0.4, -0.2) is 15.9 Å². The highest BCUT2D eigenvalue weighted by Crippen LogP contribution is 2.09. The third-order valence-corrected chi connectivity index (χ3v) is 2.91. The van der Waals surface area contributed by atoms with Gasteiger partial charge in [0.05, 0.1) is 16.3 Å². The molecule has 100 valence electrons. The number of nitrogens with two attached hydrogens (primary N) is 1. The average Bonchev–Trinajstić information content (AvgIpc) is 2.18. The molecular weight excluding hydrogens is 252 g/mol. The van der Waals surface area contributed by atoms with E-state index in [-0.39, 0.29) is 5.75 Å². The number of carbonyl (C=O) groups is 1. The van der Waals surface area contributed by atoms with Crippen molar-refractivity contribution in [3.05, 3.63) is 29.8 Å². The van der Waals surface area contributed by atoms with E-state index >= 15 is 0 Å². The van der Waals surface area contributed by atoms with Crippen LogP contribution in [0.4, 0.5) is 10.5 Å². The van der Waals surface area contributed by atoms with E-state index in [4.69, 9.17) is 10.5 Å². The van der Waals surface area contributed by atoms with Crippen LogP contribution < -0.4 is 5.73 Å². The van der Waals surface area contributed by atoms with E-state index in [9.17, 15) is 9.00 Å². The SMILES string of the molecule is CC(C)(C)OC(=O)/N=[SH](=O)\Cc1ccc(N)cc1. The summed E-state index contributed by atoms with van der Waals surface area (Å²) in [7, 11) is -2.00. The Labute approximate surface area is 109 Å². The fraction of sp³-hybridized carbons (Fsp3) is 0.417. The Bertz CT molecular complexity index is 497. The summed E-state index contributed by atoms with van der Waals surface area (Å²) in [5, 5.41) is 0. The fourth-order valence-corrected chi connectivity index (χ4v) is 2.00. The number of anilines is 1. The van der Waals surface area contributed by atoms with Gasteiger partial charge in [-0.3, -0.25) is 4.21 Å². The summed E-state index contributed by atoms with van der Waals surface area (Å²) >= 11 is 0. The van der Waals surface area contributed by atoms with E-state index in [1.807, 2.05) is 0 Å². The predicted octanol–water partition coefficient (Wildman–Crippen LogP) is 2.37. The molecule has 18 heavy (non-hydrogen) atoms. The number of nitrogen functional groups attached to an aromatic ring is 1. The molecule has 0 radical (unpaired) electrons. The molecule has 0 aliphatic carbocycles. The van der Waals surface area contributed by atoms with Crippen molar-refractivity contribution < 1.29 is 13.7 Å². The summed E-state index contributed by atoms with van der Waals surface area (Å²) in [6.07, 6.45) is -0.793. The van der Waals surface area contributed by atoms with Crippen LogP contribution in [0.15, 0.2) is 28.6 Å². The van der Waals surface area contributed by atoms with Crippen molar-refractivity contribution in [3.8, 4) is 0 Å². The molecule has 0 bridgehead atoms. The van der Waals surface area contributed by atoms with Crippen molar-refractivity contribution in [1.82, 2.24) is 0 Å². The molecule has 0 aliphatic heterocycles. The Morgan fingerprint density at radius 2 is 1.89 bits per heavy atom. The maximum atomic E-state index is 11.6. The lowest BCUT2D eigenvalue weighted by Gasteiger charge is -2.16. The number of hydrogen-bond acceptors (Lipinski definition) is 4. The number of thiol groups is 1.